The molecule has 2 heterocycles. The maximum atomic E-state index is 12.3. The Kier molecular flexibility index (Phi) is 4.25. The molecule has 1 aromatic rings. The van der Waals surface area contributed by atoms with Gasteiger partial charge in [0.05, 0.1) is 11.9 Å². The number of amides is 1. The fourth-order valence-electron chi connectivity index (χ4n) is 2.39. The van der Waals surface area contributed by atoms with Crippen molar-refractivity contribution in [2.75, 3.05) is 19.6 Å². The highest BCUT2D eigenvalue weighted by Gasteiger charge is 2.24. The third kappa shape index (κ3) is 3.04. The van der Waals surface area contributed by atoms with Crippen LogP contribution in [0, 0.1) is 12.8 Å². The van der Waals surface area contributed by atoms with Gasteiger partial charge < -0.3 is 10.6 Å². The van der Waals surface area contributed by atoms with E-state index in [9.17, 15) is 4.79 Å². The van der Waals surface area contributed by atoms with Crippen molar-refractivity contribution in [1.82, 2.24) is 14.9 Å². The Hall–Kier alpha value is -1.49. The van der Waals surface area contributed by atoms with Crippen LogP contribution >= 0.6 is 0 Å². The predicted molar refractivity (Wildman–Crippen MR) is 69.1 cm³/mol. The van der Waals surface area contributed by atoms with Gasteiger partial charge in [-0.3, -0.25) is 9.78 Å². The van der Waals surface area contributed by atoms with Crippen LogP contribution in [0.25, 0.3) is 0 Å². The van der Waals surface area contributed by atoms with E-state index in [2.05, 4.69) is 9.97 Å². The van der Waals surface area contributed by atoms with Gasteiger partial charge in [-0.2, -0.15) is 0 Å². The first-order chi connectivity index (χ1) is 8.70. The summed E-state index contributed by atoms with van der Waals surface area (Å²) in [6.07, 6.45) is 6.40. The van der Waals surface area contributed by atoms with Crippen LogP contribution < -0.4 is 5.73 Å². The van der Waals surface area contributed by atoms with Crippen LogP contribution in [-0.4, -0.2) is 40.4 Å². The summed E-state index contributed by atoms with van der Waals surface area (Å²) < 4.78 is 0. The molecule has 1 unspecified atom stereocenters. The summed E-state index contributed by atoms with van der Waals surface area (Å²) in [5, 5.41) is 0. The molecule has 0 aliphatic carbocycles. The van der Waals surface area contributed by atoms with E-state index < -0.39 is 0 Å². The van der Waals surface area contributed by atoms with Crippen molar-refractivity contribution in [1.29, 1.82) is 0 Å². The fraction of sp³-hybridized carbons (Fsp3) is 0.615. The van der Waals surface area contributed by atoms with Gasteiger partial charge in [-0.1, -0.05) is 0 Å². The largest absolute Gasteiger partial charge is 0.337 e. The first-order valence-corrected chi connectivity index (χ1v) is 6.48. The number of carbonyl (C=O) groups excluding carboxylic acids is 1. The first kappa shape index (κ1) is 13.0. The van der Waals surface area contributed by atoms with E-state index in [-0.39, 0.29) is 5.91 Å². The van der Waals surface area contributed by atoms with Gasteiger partial charge in [0, 0.05) is 19.3 Å². The van der Waals surface area contributed by atoms with Gasteiger partial charge in [-0.05, 0) is 38.6 Å². The Morgan fingerprint density at radius 2 is 2.33 bits per heavy atom. The Morgan fingerprint density at radius 3 is 3.00 bits per heavy atom. The summed E-state index contributed by atoms with van der Waals surface area (Å²) in [4.78, 5) is 22.4. The van der Waals surface area contributed by atoms with E-state index in [0.29, 0.717) is 18.2 Å². The topological polar surface area (TPSA) is 72.1 Å². The number of rotatable bonds is 3. The van der Waals surface area contributed by atoms with Crippen molar-refractivity contribution in [3.05, 3.63) is 23.8 Å². The van der Waals surface area contributed by atoms with Crippen molar-refractivity contribution < 1.29 is 4.79 Å². The Morgan fingerprint density at radius 1 is 1.50 bits per heavy atom. The first-order valence-electron chi connectivity index (χ1n) is 6.48. The summed E-state index contributed by atoms with van der Waals surface area (Å²) >= 11 is 0. The maximum absolute atomic E-state index is 12.3. The standard InChI is InChI=1S/C13H20N4O/c1-10-7-16-12(8-15-10)13(18)17-6-2-3-11(9-17)4-5-14/h7-8,11H,2-6,9,14H2,1H3. The summed E-state index contributed by atoms with van der Waals surface area (Å²) in [5.41, 5.74) is 6.85. The molecular formula is C13H20N4O. The van der Waals surface area contributed by atoms with Gasteiger partial charge in [0.2, 0.25) is 0 Å². The average molecular weight is 248 g/mol. The van der Waals surface area contributed by atoms with Gasteiger partial charge >= 0.3 is 0 Å². The average Bonchev–Trinajstić information content (AvgIpc) is 2.39. The van der Waals surface area contributed by atoms with Gasteiger partial charge in [-0.15, -0.1) is 0 Å². The molecule has 0 spiro atoms. The Bertz CT molecular complexity index is 402. The van der Waals surface area contributed by atoms with E-state index >= 15 is 0 Å². The molecule has 1 amide bonds. The second-order valence-corrected chi connectivity index (χ2v) is 4.88. The van der Waals surface area contributed by atoms with Crippen LogP contribution in [0.2, 0.25) is 0 Å². The number of hydrogen-bond acceptors (Lipinski definition) is 4. The molecule has 1 atom stereocenters. The zero-order chi connectivity index (χ0) is 13.0. The van der Waals surface area contributed by atoms with E-state index in [4.69, 9.17) is 5.73 Å². The molecule has 0 saturated carbocycles. The van der Waals surface area contributed by atoms with Crippen LogP contribution in [0.1, 0.15) is 35.4 Å². The molecule has 5 nitrogen and oxygen atoms in total. The van der Waals surface area contributed by atoms with Gasteiger partial charge in [0.25, 0.3) is 5.91 Å². The number of aromatic nitrogens is 2. The quantitative estimate of drug-likeness (QED) is 0.865. The molecule has 1 aliphatic heterocycles. The minimum atomic E-state index is -0.00998. The number of piperidine rings is 1. The van der Waals surface area contributed by atoms with Crippen LogP contribution in [-0.2, 0) is 0 Å². The molecule has 2 rings (SSSR count). The lowest BCUT2D eigenvalue weighted by atomic mass is 9.95. The number of likely N-dealkylation sites (tertiary alicyclic amines) is 1. The fourth-order valence-corrected chi connectivity index (χ4v) is 2.39. The lowest BCUT2D eigenvalue weighted by Crippen LogP contribution is -2.40. The molecule has 1 saturated heterocycles. The van der Waals surface area contributed by atoms with Crippen molar-refractivity contribution in [3.63, 3.8) is 0 Å². The summed E-state index contributed by atoms with van der Waals surface area (Å²) in [7, 11) is 0. The Balaban J connectivity index is 2.02. The third-order valence-corrected chi connectivity index (χ3v) is 3.38. The molecule has 98 valence electrons. The zero-order valence-electron chi connectivity index (χ0n) is 10.8. The Labute approximate surface area is 107 Å². The monoisotopic (exact) mass is 248 g/mol. The second-order valence-electron chi connectivity index (χ2n) is 4.88. The molecule has 1 fully saturated rings. The molecule has 18 heavy (non-hydrogen) atoms. The highest BCUT2D eigenvalue weighted by Crippen LogP contribution is 2.20. The molecular weight excluding hydrogens is 228 g/mol. The van der Waals surface area contributed by atoms with Crippen molar-refractivity contribution in [2.45, 2.75) is 26.2 Å². The lowest BCUT2D eigenvalue weighted by Gasteiger charge is -2.32. The molecule has 0 bridgehead atoms. The molecule has 1 aromatic heterocycles. The summed E-state index contributed by atoms with van der Waals surface area (Å²) in [6.45, 7) is 4.16. The smallest absolute Gasteiger partial charge is 0.274 e. The van der Waals surface area contributed by atoms with E-state index in [1.807, 2.05) is 11.8 Å². The number of hydrogen-bond donors (Lipinski definition) is 1. The summed E-state index contributed by atoms with van der Waals surface area (Å²) in [6, 6.07) is 0. The van der Waals surface area contributed by atoms with Crippen LogP contribution in [0.3, 0.4) is 0 Å². The van der Waals surface area contributed by atoms with Crippen molar-refractivity contribution in [3.8, 4) is 0 Å². The van der Waals surface area contributed by atoms with Crippen LogP contribution in [0.5, 0.6) is 0 Å². The second kappa shape index (κ2) is 5.91. The van der Waals surface area contributed by atoms with Crippen LogP contribution in [0.15, 0.2) is 12.4 Å². The predicted octanol–water partition coefficient (Wildman–Crippen LogP) is 0.986. The highest BCUT2D eigenvalue weighted by molar-refractivity contribution is 5.92. The van der Waals surface area contributed by atoms with E-state index in [0.717, 1.165) is 31.6 Å². The van der Waals surface area contributed by atoms with Crippen LogP contribution in [0.4, 0.5) is 0 Å². The lowest BCUT2D eigenvalue weighted by molar-refractivity contribution is 0.0663. The maximum Gasteiger partial charge on any atom is 0.274 e. The summed E-state index contributed by atoms with van der Waals surface area (Å²) in [5.74, 6) is 0.523. The number of aryl methyl sites for hydroxylation is 1. The van der Waals surface area contributed by atoms with Crippen molar-refractivity contribution in [2.24, 2.45) is 11.7 Å². The van der Waals surface area contributed by atoms with Gasteiger partial charge in [0.15, 0.2) is 0 Å². The zero-order valence-corrected chi connectivity index (χ0v) is 10.8. The molecule has 5 heteroatoms. The number of nitrogens with zero attached hydrogens (tertiary/aromatic N) is 3. The molecule has 0 aromatic carbocycles. The van der Waals surface area contributed by atoms with E-state index in [1.165, 1.54) is 6.42 Å². The SMILES string of the molecule is Cc1cnc(C(=O)N2CCCC(CCN)C2)cn1. The normalized spacial score (nSPS) is 19.9. The number of carbonyl (C=O) groups is 1. The molecule has 1 aliphatic rings. The highest BCUT2D eigenvalue weighted by atomic mass is 16.2. The molecule has 0 radical (unpaired) electrons. The van der Waals surface area contributed by atoms with Gasteiger partial charge in [0.1, 0.15) is 5.69 Å². The minimum absolute atomic E-state index is 0.00998. The van der Waals surface area contributed by atoms with Gasteiger partial charge in [-0.25, -0.2) is 4.98 Å². The molecule has 2 N–H and O–H groups in total. The van der Waals surface area contributed by atoms with Crippen molar-refractivity contribution >= 4 is 5.91 Å². The third-order valence-electron chi connectivity index (χ3n) is 3.38. The number of nitrogens with two attached hydrogens (primary N) is 1. The van der Waals surface area contributed by atoms with E-state index in [1.54, 1.807) is 12.4 Å². The minimum Gasteiger partial charge on any atom is -0.337 e.